The summed E-state index contributed by atoms with van der Waals surface area (Å²) in [6, 6.07) is 13.2. The highest BCUT2D eigenvalue weighted by Gasteiger charge is 2.31. The molecule has 36 heavy (non-hydrogen) atoms. The number of methoxy groups -OCH3 is 1. The third-order valence-corrected chi connectivity index (χ3v) is 5.60. The summed E-state index contributed by atoms with van der Waals surface area (Å²) in [5.74, 6) is 6.72. The summed E-state index contributed by atoms with van der Waals surface area (Å²) in [6.07, 6.45) is 3.80. The van der Waals surface area contributed by atoms with Crippen LogP contribution in [0.25, 0.3) is 11.8 Å². The zero-order chi connectivity index (χ0) is 25.9. The van der Waals surface area contributed by atoms with Crippen LogP contribution in [0.1, 0.15) is 61.6 Å². The smallest absolute Gasteiger partial charge is 0.308 e. The Morgan fingerprint density at radius 2 is 1.89 bits per heavy atom. The van der Waals surface area contributed by atoms with Crippen LogP contribution in [0.4, 0.5) is 0 Å². The van der Waals surface area contributed by atoms with Gasteiger partial charge < -0.3 is 14.3 Å². The van der Waals surface area contributed by atoms with Gasteiger partial charge in [-0.25, -0.2) is 5.90 Å². The topological polar surface area (TPSA) is 114 Å². The molecular formula is C27H31N5O4. The van der Waals surface area contributed by atoms with Gasteiger partial charge in [0.05, 0.1) is 31.5 Å². The first-order valence-corrected chi connectivity index (χ1v) is 11.7. The standard InChI is InChI=1S/C27H31N5O4/c1-17-30-31-26-22(16-24(33)36-27(2,3)4)29-25(19-10-8-18(9-11-19)7-6-14-35-28)21-15-20(34-5)12-13-23(21)32(17)26/h6-13,15,22H,14,16,28H2,1-5H3/b7-6+/t22-/m0/s1. The largest absolute Gasteiger partial charge is 0.497 e. The number of rotatable bonds is 7. The number of carbonyl (C=O) groups is 1. The minimum Gasteiger partial charge on any atom is -0.497 e. The van der Waals surface area contributed by atoms with E-state index in [4.69, 9.17) is 20.4 Å². The van der Waals surface area contributed by atoms with E-state index in [-0.39, 0.29) is 12.4 Å². The van der Waals surface area contributed by atoms with Crippen LogP contribution in [0.3, 0.4) is 0 Å². The van der Waals surface area contributed by atoms with Gasteiger partial charge in [0.2, 0.25) is 0 Å². The minimum absolute atomic E-state index is 0.0317. The van der Waals surface area contributed by atoms with Gasteiger partial charge in [0.25, 0.3) is 0 Å². The molecule has 0 spiro atoms. The number of aliphatic imine (C=N–C) groups is 1. The van der Waals surface area contributed by atoms with Gasteiger partial charge in [0, 0.05) is 11.1 Å². The summed E-state index contributed by atoms with van der Waals surface area (Å²) in [5.41, 5.74) is 3.72. The van der Waals surface area contributed by atoms with Crippen molar-refractivity contribution < 1.29 is 19.1 Å². The number of hydrogen-bond donors (Lipinski definition) is 1. The molecule has 1 aromatic heterocycles. The SMILES string of the molecule is COc1ccc2c(c1)C(c1ccc(/C=C/CON)cc1)=N[C@@H](CC(=O)OC(C)(C)C)c1nnc(C)n1-2. The Balaban J connectivity index is 1.84. The van der Waals surface area contributed by atoms with Crippen LogP contribution < -0.4 is 10.6 Å². The molecule has 0 saturated heterocycles. The van der Waals surface area contributed by atoms with Crippen molar-refractivity contribution in [1.29, 1.82) is 0 Å². The molecule has 188 valence electrons. The Kier molecular flexibility index (Phi) is 7.32. The van der Waals surface area contributed by atoms with Crippen LogP contribution in [-0.4, -0.2) is 45.8 Å². The molecule has 0 fully saturated rings. The molecule has 9 heteroatoms. The second-order valence-electron chi connectivity index (χ2n) is 9.47. The summed E-state index contributed by atoms with van der Waals surface area (Å²) in [5, 5.41) is 8.70. The number of esters is 1. The lowest BCUT2D eigenvalue weighted by Crippen LogP contribution is -2.25. The third kappa shape index (κ3) is 5.53. The zero-order valence-corrected chi connectivity index (χ0v) is 21.2. The van der Waals surface area contributed by atoms with Gasteiger partial charge in [-0.15, -0.1) is 10.2 Å². The number of aryl methyl sites for hydroxylation is 1. The molecule has 4 rings (SSSR count). The molecule has 0 saturated carbocycles. The summed E-state index contributed by atoms with van der Waals surface area (Å²) < 4.78 is 13.1. The summed E-state index contributed by atoms with van der Waals surface area (Å²) in [6.45, 7) is 7.74. The van der Waals surface area contributed by atoms with Crippen molar-refractivity contribution in [2.75, 3.05) is 13.7 Å². The molecule has 0 aliphatic carbocycles. The van der Waals surface area contributed by atoms with Gasteiger partial charge in [0.1, 0.15) is 23.2 Å². The maximum atomic E-state index is 12.8. The molecule has 0 bridgehead atoms. The third-order valence-electron chi connectivity index (χ3n) is 5.60. The van der Waals surface area contributed by atoms with E-state index >= 15 is 0 Å². The second-order valence-corrected chi connectivity index (χ2v) is 9.47. The molecule has 1 aliphatic rings. The van der Waals surface area contributed by atoms with Crippen LogP contribution in [0.2, 0.25) is 0 Å². The molecule has 2 aromatic carbocycles. The summed E-state index contributed by atoms with van der Waals surface area (Å²) in [7, 11) is 1.63. The van der Waals surface area contributed by atoms with Crippen molar-refractivity contribution >= 4 is 17.8 Å². The first-order valence-electron chi connectivity index (χ1n) is 11.7. The van der Waals surface area contributed by atoms with E-state index in [0.717, 1.165) is 28.1 Å². The van der Waals surface area contributed by atoms with Crippen molar-refractivity contribution in [2.45, 2.75) is 45.8 Å². The minimum atomic E-state index is -0.605. The Labute approximate surface area is 210 Å². The van der Waals surface area contributed by atoms with Gasteiger partial charge in [-0.1, -0.05) is 36.4 Å². The van der Waals surface area contributed by atoms with Crippen LogP contribution in [0.15, 0.2) is 53.5 Å². The first-order chi connectivity index (χ1) is 17.2. The fourth-order valence-electron chi connectivity index (χ4n) is 4.10. The number of nitrogens with zero attached hydrogens (tertiary/aromatic N) is 4. The number of nitrogens with two attached hydrogens (primary N) is 1. The normalized spacial score (nSPS) is 15.2. The molecule has 2 heterocycles. The van der Waals surface area contributed by atoms with Gasteiger partial charge in [-0.2, -0.15) is 0 Å². The van der Waals surface area contributed by atoms with Crippen LogP contribution in [0, 0.1) is 6.92 Å². The number of aromatic nitrogens is 3. The van der Waals surface area contributed by atoms with Gasteiger partial charge in [-0.05, 0) is 51.5 Å². The number of fused-ring (bicyclic) bond motifs is 3. The maximum Gasteiger partial charge on any atom is 0.308 e. The molecule has 0 amide bonds. The molecular weight excluding hydrogens is 458 g/mol. The van der Waals surface area contributed by atoms with E-state index in [1.54, 1.807) is 7.11 Å². The Hall–Kier alpha value is -3.82. The van der Waals surface area contributed by atoms with Crippen LogP contribution >= 0.6 is 0 Å². The maximum absolute atomic E-state index is 12.8. The van der Waals surface area contributed by atoms with E-state index < -0.39 is 11.6 Å². The predicted octanol–water partition coefficient (Wildman–Crippen LogP) is 4.11. The van der Waals surface area contributed by atoms with Gasteiger partial charge in [-0.3, -0.25) is 14.4 Å². The average molecular weight is 490 g/mol. The lowest BCUT2D eigenvalue weighted by atomic mass is 9.98. The first kappa shape index (κ1) is 25.3. The van der Waals surface area contributed by atoms with Crippen molar-refractivity contribution in [2.24, 2.45) is 10.9 Å². The molecule has 0 radical (unpaired) electrons. The van der Waals surface area contributed by atoms with Gasteiger partial charge in [0.15, 0.2) is 5.82 Å². The van der Waals surface area contributed by atoms with E-state index in [2.05, 4.69) is 15.0 Å². The van der Waals surface area contributed by atoms with Crippen molar-refractivity contribution in [3.8, 4) is 11.4 Å². The lowest BCUT2D eigenvalue weighted by molar-refractivity contribution is -0.155. The lowest BCUT2D eigenvalue weighted by Gasteiger charge is -2.20. The monoisotopic (exact) mass is 489 g/mol. The zero-order valence-electron chi connectivity index (χ0n) is 21.2. The summed E-state index contributed by atoms with van der Waals surface area (Å²) in [4.78, 5) is 22.5. The fraction of sp³-hybridized carbons (Fsp3) is 0.333. The van der Waals surface area contributed by atoms with E-state index in [9.17, 15) is 4.79 Å². The molecule has 1 atom stereocenters. The highest BCUT2D eigenvalue weighted by atomic mass is 16.6. The number of ether oxygens (including phenoxy) is 2. The van der Waals surface area contributed by atoms with Crippen LogP contribution in [0.5, 0.6) is 5.75 Å². The number of hydrogen-bond acceptors (Lipinski definition) is 8. The number of carbonyl (C=O) groups excluding carboxylic acids is 1. The Bertz CT molecular complexity index is 1300. The van der Waals surface area contributed by atoms with Crippen molar-refractivity contribution in [3.63, 3.8) is 0 Å². The average Bonchev–Trinajstić information content (AvgIpc) is 3.15. The molecule has 3 aromatic rings. The summed E-state index contributed by atoms with van der Waals surface area (Å²) >= 11 is 0. The van der Waals surface area contributed by atoms with Crippen LogP contribution in [-0.2, 0) is 14.4 Å². The van der Waals surface area contributed by atoms with E-state index in [1.165, 1.54) is 0 Å². The number of benzene rings is 2. The Morgan fingerprint density at radius 1 is 1.14 bits per heavy atom. The van der Waals surface area contributed by atoms with Gasteiger partial charge >= 0.3 is 5.97 Å². The van der Waals surface area contributed by atoms with Crippen molar-refractivity contribution in [1.82, 2.24) is 14.8 Å². The quantitative estimate of drug-likeness (QED) is 0.392. The highest BCUT2D eigenvalue weighted by Crippen LogP contribution is 2.34. The molecule has 2 N–H and O–H groups in total. The van der Waals surface area contributed by atoms with Crippen molar-refractivity contribution in [3.05, 3.63) is 76.9 Å². The molecule has 1 aliphatic heterocycles. The highest BCUT2D eigenvalue weighted by molar-refractivity contribution is 6.15. The molecule has 0 unspecified atom stereocenters. The second kappa shape index (κ2) is 10.4. The predicted molar refractivity (Wildman–Crippen MR) is 137 cm³/mol. The fourth-order valence-corrected chi connectivity index (χ4v) is 4.10. The van der Waals surface area contributed by atoms with E-state index in [0.29, 0.717) is 24.0 Å². The Morgan fingerprint density at radius 3 is 2.56 bits per heavy atom. The van der Waals surface area contributed by atoms with E-state index in [1.807, 2.05) is 86.9 Å². The molecule has 9 nitrogen and oxygen atoms in total.